The Bertz CT molecular complexity index is 1590. The monoisotopic (exact) mass is 647 g/mol. The summed E-state index contributed by atoms with van der Waals surface area (Å²) in [7, 11) is -4.08. The summed E-state index contributed by atoms with van der Waals surface area (Å²) in [5.74, 6) is -2.35. The number of amides is 1. The molecule has 5 rings (SSSR count). The number of aliphatic carboxylic acids is 1. The summed E-state index contributed by atoms with van der Waals surface area (Å²) in [6.45, 7) is 1.81. The summed E-state index contributed by atoms with van der Waals surface area (Å²) in [5, 5.41) is 13.0. The van der Waals surface area contributed by atoms with E-state index >= 15 is 0 Å². The Morgan fingerprint density at radius 1 is 1.00 bits per heavy atom. The molecule has 42 heavy (non-hydrogen) atoms. The Hall–Kier alpha value is -2.58. The number of halogens is 3. The van der Waals surface area contributed by atoms with Crippen LogP contribution in [0.4, 0.5) is 0 Å². The summed E-state index contributed by atoms with van der Waals surface area (Å²) in [6.07, 6.45) is 1.84. The van der Waals surface area contributed by atoms with Crippen LogP contribution < -0.4 is 5.32 Å². The molecular formula is C32H32Cl3NO5S. The molecule has 6 nitrogen and oxygen atoms in total. The molecule has 0 aromatic heterocycles. The summed E-state index contributed by atoms with van der Waals surface area (Å²) in [4.78, 5) is 25.8. The number of benzene rings is 3. The molecule has 1 saturated carbocycles. The average molecular weight is 649 g/mol. The first-order valence-electron chi connectivity index (χ1n) is 14.0. The normalized spacial score (nSPS) is 24.0. The number of carbonyl (C=O) groups is 2. The van der Waals surface area contributed by atoms with Crippen LogP contribution in [-0.4, -0.2) is 31.4 Å². The highest BCUT2D eigenvalue weighted by Crippen LogP contribution is 2.55. The van der Waals surface area contributed by atoms with Gasteiger partial charge in [-0.1, -0.05) is 78.1 Å². The summed E-state index contributed by atoms with van der Waals surface area (Å²) in [6, 6.07) is 19.8. The topological polar surface area (TPSA) is 101 Å². The molecule has 2 fully saturated rings. The fraction of sp³-hybridized carbons (Fsp3) is 0.375. The Labute approximate surface area is 261 Å². The zero-order valence-electron chi connectivity index (χ0n) is 23.0. The lowest BCUT2D eigenvalue weighted by Crippen LogP contribution is -2.58. The number of nitrogens with one attached hydrogen (secondary N) is 1. The zero-order valence-corrected chi connectivity index (χ0v) is 26.1. The molecule has 10 heteroatoms. The minimum absolute atomic E-state index is 0.00326. The quantitative estimate of drug-likeness (QED) is 0.234. The van der Waals surface area contributed by atoms with Crippen LogP contribution in [0.5, 0.6) is 0 Å². The highest BCUT2D eigenvalue weighted by molar-refractivity contribution is 7.91. The minimum Gasteiger partial charge on any atom is -0.481 e. The standard InChI is InChI=1S/C32H32Cl3NO5S/c1-2-32(18-27(37)38)17-24(21-6-5-7-23(34)16-21)29(36-31(32)39)28(19-10-11-19)30(20-12-14-22(33)15-13-20)42(40,41)26-9-4-3-8-25(26)35/h3-9,12-16,19,24,28-30H,2,10-11,17-18H2,1H3,(H,36,39)(H,37,38)/t24-,28?,29+,30-,32+/m1/s1. The van der Waals surface area contributed by atoms with E-state index in [1.54, 1.807) is 48.5 Å². The van der Waals surface area contributed by atoms with Gasteiger partial charge in [0, 0.05) is 27.9 Å². The number of carbonyl (C=O) groups excluding carboxylic acids is 1. The Kier molecular flexibility index (Phi) is 8.96. The number of carboxylic acid groups (broad SMARTS) is 1. The second kappa shape index (κ2) is 12.2. The highest BCUT2D eigenvalue weighted by Gasteiger charge is 2.55. The van der Waals surface area contributed by atoms with Crippen molar-refractivity contribution in [2.75, 3.05) is 0 Å². The van der Waals surface area contributed by atoms with Gasteiger partial charge in [0.1, 0.15) is 0 Å². The van der Waals surface area contributed by atoms with Crippen LogP contribution in [0.15, 0.2) is 77.7 Å². The van der Waals surface area contributed by atoms with Crippen molar-refractivity contribution in [2.45, 2.75) is 61.1 Å². The van der Waals surface area contributed by atoms with E-state index < -0.39 is 38.4 Å². The second-order valence-electron chi connectivity index (χ2n) is 11.4. The second-order valence-corrected chi connectivity index (χ2v) is 14.7. The maximum absolute atomic E-state index is 14.6. The van der Waals surface area contributed by atoms with Crippen LogP contribution in [0.1, 0.15) is 61.3 Å². The number of carboxylic acids is 1. The largest absolute Gasteiger partial charge is 0.481 e. The molecule has 2 aliphatic rings. The van der Waals surface area contributed by atoms with Gasteiger partial charge in [-0.3, -0.25) is 9.59 Å². The van der Waals surface area contributed by atoms with Crippen molar-refractivity contribution >= 4 is 56.5 Å². The first kappa shape index (κ1) is 30.9. The van der Waals surface area contributed by atoms with Gasteiger partial charge in [-0.2, -0.15) is 0 Å². The summed E-state index contributed by atoms with van der Waals surface area (Å²) < 4.78 is 29.3. The lowest BCUT2D eigenvalue weighted by Gasteiger charge is -2.48. The third-order valence-corrected chi connectivity index (χ3v) is 12.0. The van der Waals surface area contributed by atoms with E-state index in [4.69, 9.17) is 34.8 Å². The van der Waals surface area contributed by atoms with Crippen LogP contribution >= 0.6 is 34.8 Å². The third-order valence-electron chi connectivity index (χ3n) is 8.87. The average Bonchev–Trinajstić information content (AvgIpc) is 3.78. The molecular weight excluding hydrogens is 617 g/mol. The van der Waals surface area contributed by atoms with Gasteiger partial charge in [-0.05, 0) is 79.1 Å². The fourth-order valence-electron chi connectivity index (χ4n) is 6.63. The molecule has 0 spiro atoms. The molecule has 0 bridgehead atoms. The van der Waals surface area contributed by atoms with Gasteiger partial charge in [-0.25, -0.2) is 8.42 Å². The molecule has 1 unspecified atom stereocenters. The number of piperidine rings is 1. The van der Waals surface area contributed by atoms with E-state index in [1.165, 1.54) is 6.07 Å². The van der Waals surface area contributed by atoms with E-state index in [0.717, 1.165) is 18.4 Å². The Balaban J connectivity index is 1.71. The molecule has 2 N–H and O–H groups in total. The maximum Gasteiger partial charge on any atom is 0.304 e. The van der Waals surface area contributed by atoms with E-state index in [2.05, 4.69) is 5.32 Å². The molecule has 1 aliphatic carbocycles. The van der Waals surface area contributed by atoms with Gasteiger partial charge in [0.05, 0.1) is 27.0 Å². The van der Waals surface area contributed by atoms with E-state index in [9.17, 15) is 23.1 Å². The zero-order chi connectivity index (χ0) is 30.2. The van der Waals surface area contributed by atoms with Crippen LogP contribution in [0, 0.1) is 17.3 Å². The molecule has 3 aromatic carbocycles. The van der Waals surface area contributed by atoms with E-state index in [-0.39, 0.29) is 40.5 Å². The number of hydrogen-bond acceptors (Lipinski definition) is 4. The van der Waals surface area contributed by atoms with E-state index in [1.807, 2.05) is 25.1 Å². The Morgan fingerprint density at radius 2 is 1.69 bits per heavy atom. The van der Waals surface area contributed by atoms with Crippen molar-refractivity contribution in [3.8, 4) is 0 Å². The maximum atomic E-state index is 14.6. The smallest absolute Gasteiger partial charge is 0.304 e. The van der Waals surface area contributed by atoms with Gasteiger partial charge >= 0.3 is 5.97 Å². The van der Waals surface area contributed by atoms with Crippen molar-refractivity contribution in [1.82, 2.24) is 5.32 Å². The van der Waals surface area contributed by atoms with Crippen molar-refractivity contribution < 1.29 is 23.1 Å². The van der Waals surface area contributed by atoms with Crippen molar-refractivity contribution in [3.63, 3.8) is 0 Å². The molecule has 0 radical (unpaired) electrons. The lowest BCUT2D eigenvalue weighted by atomic mass is 9.64. The molecule has 1 saturated heterocycles. The number of rotatable bonds is 10. The molecule has 3 aromatic rings. The lowest BCUT2D eigenvalue weighted by molar-refractivity contribution is -0.149. The van der Waals surface area contributed by atoms with Crippen molar-refractivity contribution in [1.29, 1.82) is 0 Å². The van der Waals surface area contributed by atoms with Gasteiger partial charge in [0.2, 0.25) is 5.91 Å². The minimum atomic E-state index is -4.08. The summed E-state index contributed by atoms with van der Waals surface area (Å²) in [5.41, 5.74) is 0.223. The van der Waals surface area contributed by atoms with Gasteiger partial charge in [-0.15, -0.1) is 0 Å². The fourth-order valence-corrected chi connectivity index (χ4v) is 9.61. The first-order chi connectivity index (χ1) is 20.0. The molecule has 1 heterocycles. The SMILES string of the molecule is CC[C@@]1(CC(=O)O)C[C@H](c2cccc(Cl)c2)[C@@H](C(C2CC2)[C@@H](c2ccc(Cl)cc2)S(=O)(=O)c2ccccc2Cl)NC1=O. The van der Waals surface area contributed by atoms with Gasteiger partial charge in [0.25, 0.3) is 0 Å². The molecule has 5 atom stereocenters. The Morgan fingerprint density at radius 3 is 2.29 bits per heavy atom. The molecule has 1 amide bonds. The number of sulfone groups is 1. The summed E-state index contributed by atoms with van der Waals surface area (Å²) >= 11 is 19.1. The van der Waals surface area contributed by atoms with E-state index in [0.29, 0.717) is 22.0 Å². The molecule has 222 valence electrons. The predicted molar refractivity (Wildman–Crippen MR) is 165 cm³/mol. The van der Waals surface area contributed by atoms with Crippen LogP contribution in [0.25, 0.3) is 0 Å². The highest BCUT2D eigenvalue weighted by atomic mass is 35.5. The first-order valence-corrected chi connectivity index (χ1v) is 16.7. The van der Waals surface area contributed by atoms with Crippen molar-refractivity contribution in [3.05, 3.63) is 99.0 Å². The van der Waals surface area contributed by atoms with Crippen LogP contribution in [0.2, 0.25) is 15.1 Å². The van der Waals surface area contributed by atoms with Crippen molar-refractivity contribution in [2.24, 2.45) is 17.3 Å². The predicted octanol–water partition coefficient (Wildman–Crippen LogP) is 7.73. The van der Waals surface area contributed by atoms with Crippen LogP contribution in [0.3, 0.4) is 0 Å². The number of hydrogen-bond donors (Lipinski definition) is 2. The van der Waals surface area contributed by atoms with Gasteiger partial charge in [0.15, 0.2) is 9.84 Å². The van der Waals surface area contributed by atoms with Crippen LogP contribution in [-0.2, 0) is 19.4 Å². The molecule has 1 aliphatic heterocycles. The van der Waals surface area contributed by atoms with Gasteiger partial charge < -0.3 is 10.4 Å². The third kappa shape index (κ3) is 6.07.